The first-order chi connectivity index (χ1) is 5.43. The van der Waals surface area contributed by atoms with E-state index in [2.05, 4.69) is 4.98 Å². The predicted octanol–water partition coefficient (Wildman–Crippen LogP) is 0.945. The van der Waals surface area contributed by atoms with Crippen molar-refractivity contribution >= 4 is 10.1 Å². The molecule has 1 N–H and O–H groups in total. The molecule has 4 nitrogen and oxygen atoms in total. The van der Waals surface area contributed by atoms with Crippen molar-refractivity contribution in [3.63, 3.8) is 0 Å². The van der Waals surface area contributed by atoms with Gasteiger partial charge in [-0.25, -0.2) is 4.98 Å². The Morgan fingerprint density at radius 2 is 2.00 bits per heavy atom. The van der Waals surface area contributed by atoms with E-state index in [0.29, 0.717) is 5.56 Å². The van der Waals surface area contributed by atoms with Gasteiger partial charge in [-0.15, -0.1) is 0 Å². The molecule has 0 aliphatic carbocycles. The van der Waals surface area contributed by atoms with Crippen LogP contribution in [0.1, 0.15) is 11.1 Å². The summed E-state index contributed by atoms with van der Waals surface area (Å²) in [5, 5.41) is -0.262. The zero-order valence-corrected chi connectivity index (χ0v) is 7.59. The maximum Gasteiger partial charge on any atom is 0.312 e. The summed E-state index contributed by atoms with van der Waals surface area (Å²) in [6.07, 6.45) is 1.35. The number of nitrogens with zero attached hydrogens (tertiary/aromatic N) is 1. The number of hydrogen-bond acceptors (Lipinski definition) is 3. The molecule has 0 spiro atoms. The molecule has 0 saturated carbocycles. The van der Waals surface area contributed by atoms with Crippen LogP contribution in [0.3, 0.4) is 0 Å². The Balaban J connectivity index is 3.47. The molecule has 0 atom stereocenters. The molecule has 0 unspecified atom stereocenters. The van der Waals surface area contributed by atoms with Gasteiger partial charge < -0.3 is 0 Å². The van der Waals surface area contributed by atoms with E-state index in [0.717, 1.165) is 5.56 Å². The lowest BCUT2D eigenvalue weighted by molar-refractivity contribution is 0.478. The maximum atomic E-state index is 10.7. The second-order valence-electron chi connectivity index (χ2n) is 2.53. The molecule has 1 rings (SSSR count). The van der Waals surface area contributed by atoms with Crippen LogP contribution in [0.4, 0.5) is 0 Å². The SMILES string of the molecule is Cc1ccnc(S(=O)(=O)O)c1C. The third-order valence-electron chi connectivity index (χ3n) is 1.67. The minimum absolute atomic E-state index is 0.262. The first-order valence-corrected chi connectivity index (χ1v) is 4.76. The molecule has 66 valence electrons. The standard InChI is InChI=1S/C7H9NO3S/c1-5-3-4-8-7(6(5)2)12(9,10)11/h3-4H,1-2H3,(H,9,10,11). The van der Waals surface area contributed by atoms with Gasteiger partial charge in [-0.2, -0.15) is 8.42 Å². The van der Waals surface area contributed by atoms with Crippen molar-refractivity contribution in [3.05, 3.63) is 23.4 Å². The van der Waals surface area contributed by atoms with Crippen molar-refractivity contribution < 1.29 is 13.0 Å². The third kappa shape index (κ3) is 1.62. The van der Waals surface area contributed by atoms with Gasteiger partial charge in [-0.1, -0.05) is 0 Å². The fourth-order valence-corrected chi connectivity index (χ4v) is 1.61. The lowest BCUT2D eigenvalue weighted by Gasteiger charge is -2.02. The Kier molecular flexibility index (Phi) is 2.16. The number of pyridine rings is 1. The summed E-state index contributed by atoms with van der Waals surface area (Å²) in [5.41, 5.74) is 1.28. The molecular weight excluding hydrogens is 178 g/mol. The molecule has 0 radical (unpaired) electrons. The van der Waals surface area contributed by atoms with Gasteiger partial charge in [0, 0.05) is 6.20 Å². The van der Waals surface area contributed by atoms with Gasteiger partial charge in [-0.3, -0.25) is 4.55 Å². The van der Waals surface area contributed by atoms with E-state index in [9.17, 15) is 8.42 Å². The first-order valence-electron chi connectivity index (χ1n) is 3.32. The van der Waals surface area contributed by atoms with E-state index >= 15 is 0 Å². The quantitative estimate of drug-likeness (QED) is 0.664. The van der Waals surface area contributed by atoms with Crippen molar-refractivity contribution in [3.8, 4) is 0 Å². The summed E-state index contributed by atoms with van der Waals surface area (Å²) in [6.45, 7) is 3.36. The molecule has 0 aliphatic heterocycles. The van der Waals surface area contributed by atoms with Crippen LogP contribution in [-0.4, -0.2) is 18.0 Å². The minimum atomic E-state index is -4.17. The van der Waals surface area contributed by atoms with E-state index in [-0.39, 0.29) is 5.03 Å². The molecule has 0 aliphatic rings. The summed E-state index contributed by atoms with van der Waals surface area (Å²) in [7, 11) is -4.17. The topological polar surface area (TPSA) is 67.3 Å². The second-order valence-corrected chi connectivity index (χ2v) is 3.87. The van der Waals surface area contributed by atoms with Gasteiger partial charge in [0.15, 0.2) is 5.03 Å². The highest BCUT2D eigenvalue weighted by Gasteiger charge is 2.14. The van der Waals surface area contributed by atoms with E-state index in [4.69, 9.17) is 4.55 Å². The molecule has 0 fully saturated rings. The van der Waals surface area contributed by atoms with Gasteiger partial charge in [0.1, 0.15) is 0 Å². The number of aromatic nitrogens is 1. The van der Waals surface area contributed by atoms with Gasteiger partial charge in [0.05, 0.1) is 0 Å². The smallest absolute Gasteiger partial charge is 0.281 e. The van der Waals surface area contributed by atoms with E-state index < -0.39 is 10.1 Å². The molecule has 0 aromatic carbocycles. The molecule has 0 saturated heterocycles. The Labute approximate surface area is 71.0 Å². The normalized spacial score (nSPS) is 11.6. The van der Waals surface area contributed by atoms with Crippen LogP contribution < -0.4 is 0 Å². The van der Waals surface area contributed by atoms with E-state index in [1.165, 1.54) is 6.20 Å². The van der Waals surface area contributed by atoms with Crippen molar-refractivity contribution in [1.29, 1.82) is 0 Å². The van der Waals surface area contributed by atoms with Crippen LogP contribution in [0.25, 0.3) is 0 Å². The number of rotatable bonds is 1. The van der Waals surface area contributed by atoms with Crippen LogP contribution in [-0.2, 0) is 10.1 Å². The molecule has 0 bridgehead atoms. The zero-order chi connectivity index (χ0) is 9.35. The zero-order valence-electron chi connectivity index (χ0n) is 6.77. The van der Waals surface area contributed by atoms with Crippen LogP contribution in [0.5, 0.6) is 0 Å². The predicted molar refractivity (Wildman–Crippen MR) is 43.5 cm³/mol. The number of aryl methyl sites for hydroxylation is 1. The summed E-state index contributed by atoms with van der Waals surface area (Å²) < 4.78 is 30.1. The van der Waals surface area contributed by atoms with Crippen molar-refractivity contribution in [2.45, 2.75) is 18.9 Å². The van der Waals surface area contributed by atoms with Gasteiger partial charge in [-0.05, 0) is 31.0 Å². The van der Waals surface area contributed by atoms with E-state index in [1.54, 1.807) is 19.9 Å². The maximum absolute atomic E-state index is 10.7. The average molecular weight is 187 g/mol. The second kappa shape index (κ2) is 2.84. The van der Waals surface area contributed by atoms with Gasteiger partial charge >= 0.3 is 10.1 Å². The largest absolute Gasteiger partial charge is 0.312 e. The van der Waals surface area contributed by atoms with Gasteiger partial charge in [0.25, 0.3) is 0 Å². The first kappa shape index (κ1) is 9.15. The molecule has 1 aromatic heterocycles. The lowest BCUT2D eigenvalue weighted by Crippen LogP contribution is -2.04. The Morgan fingerprint density at radius 1 is 1.42 bits per heavy atom. The highest BCUT2D eigenvalue weighted by atomic mass is 32.2. The minimum Gasteiger partial charge on any atom is -0.281 e. The van der Waals surface area contributed by atoms with Crippen molar-refractivity contribution in [1.82, 2.24) is 4.98 Å². The van der Waals surface area contributed by atoms with Crippen LogP contribution >= 0.6 is 0 Å². The van der Waals surface area contributed by atoms with E-state index in [1.807, 2.05) is 0 Å². The summed E-state index contributed by atoms with van der Waals surface area (Å²) >= 11 is 0. The highest BCUT2D eigenvalue weighted by Crippen LogP contribution is 2.14. The molecule has 1 heterocycles. The fourth-order valence-electron chi connectivity index (χ4n) is 0.867. The molecule has 1 aromatic rings. The Morgan fingerprint density at radius 3 is 2.42 bits per heavy atom. The summed E-state index contributed by atoms with van der Waals surface area (Å²) in [6, 6.07) is 1.68. The van der Waals surface area contributed by atoms with Gasteiger partial charge in [0.2, 0.25) is 0 Å². The molecule has 12 heavy (non-hydrogen) atoms. The van der Waals surface area contributed by atoms with Crippen LogP contribution in [0.2, 0.25) is 0 Å². The Bertz CT molecular complexity index is 397. The monoisotopic (exact) mass is 187 g/mol. The lowest BCUT2D eigenvalue weighted by atomic mass is 10.2. The van der Waals surface area contributed by atoms with Crippen LogP contribution in [0, 0.1) is 13.8 Å². The Hall–Kier alpha value is -0.940. The number of hydrogen-bond donors (Lipinski definition) is 1. The van der Waals surface area contributed by atoms with Crippen molar-refractivity contribution in [2.24, 2.45) is 0 Å². The highest BCUT2D eigenvalue weighted by molar-refractivity contribution is 7.85. The molecular formula is C7H9NO3S. The van der Waals surface area contributed by atoms with Crippen molar-refractivity contribution in [2.75, 3.05) is 0 Å². The third-order valence-corrected chi connectivity index (χ3v) is 2.57. The average Bonchev–Trinajstić information content (AvgIpc) is 1.92. The van der Waals surface area contributed by atoms with Crippen LogP contribution in [0.15, 0.2) is 17.3 Å². The summed E-state index contributed by atoms with van der Waals surface area (Å²) in [5.74, 6) is 0. The molecule has 5 heteroatoms. The molecule has 0 amide bonds. The fraction of sp³-hybridized carbons (Fsp3) is 0.286. The summed E-state index contributed by atoms with van der Waals surface area (Å²) in [4.78, 5) is 3.57.